The maximum atomic E-state index is 11.6. The smallest absolute Gasteiger partial charge is 0.175 e. The fraction of sp³-hybridized carbons (Fsp3) is 0.158. The second-order valence-corrected chi connectivity index (χ2v) is 9.77. The minimum Gasteiger partial charge on any atom is -0.494 e. The molecule has 130 valence electrons. The summed E-state index contributed by atoms with van der Waals surface area (Å²) in [6.45, 7) is 2.60. The minimum absolute atomic E-state index is 0.327. The largest absolute Gasteiger partial charge is 0.494 e. The van der Waals surface area contributed by atoms with E-state index in [1.807, 2.05) is 43.3 Å². The number of halogens is 1. The molecule has 3 aromatic rings. The van der Waals surface area contributed by atoms with Crippen LogP contribution in [0.3, 0.4) is 0 Å². The summed E-state index contributed by atoms with van der Waals surface area (Å²) in [5.74, 6) is 0.844. The zero-order valence-corrected chi connectivity index (χ0v) is 17.0. The summed E-state index contributed by atoms with van der Waals surface area (Å²) in [7, 11) is -3.19. The molecule has 2 aromatic carbocycles. The van der Waals surface area contributed by atoms with Crippen molar-refractivity contribution in [2.24, 2.45) is 0 Å². The molecule has 6 heteroatoms. The van der Waals surface area contributed by atoms with Crippen LogP contribution in [0.1, 0.15) is 6.92 Å². The molecule has 0 N–H and O–H groups in total. The molecule has 0 saturated heterocycles. The quantitative estimate of drug-likeness (QED) is 0.518. The van der Waals surface area contributed by atoms with Crippen molar-refractivity contribution in [1.82, 2.24) is 0 Å². The Morgan fingerprint density at radius 1 is 1.00 bits per heavy atom. The fourth-order valence-electron chi connectivity index (χ4n) is 2.58. The van der Waals surface area contributed by atoms with Crippen LogP contribution in [0, 0.1) is 0 Å². The van der Waals surface area contributed by atoms with Gasteiger partial charge in [0, 0.05) is 22.8 Å². The van der Waals surface area contributed by atoms with Gasteiger partial charge in [0.2, 0.25) is 0 Å². The monoisotopic (exact) mass is 436 g/mol. The fourth-order valence-corrected chi connectivity index (χ4v) is 4.76. The van der Waals surface area contributed by atoms with Gasteiger partial charge >= 0.3 is 0 Å². The van der Waals surface area contributed by atoms with Crippen molar-refractivity contribution < 1.29 is 13.2 Å². The molecule has 0 fully saturated rings. The SMILES string of the molecule is CCOc1ccc(-c2c(-c3ccc(S(C)(=O)=O)cc3)csc2Br)cc1. The van der Waals surface area contributed by atoms with Crippen LogP contribution in [-0.4, -0.2) is 21.3 Å². The summed E-state index contributed by atoms with van der Waals surface area (Å²) in [5.41, 5.74) is 4.23. The average molecular weight is 437 g/mol. The maximum Gasteiger partial charge on any atom is 0.175 e. The summed E-state index contributed by atoms with van der Waals surface area (Å²) >= 11 is 5.25. The molecule has 0 atom stereocenters. The van der Waals surface area contributed by atoms with Crippen LogP contribution in [0.2, 0.25) is 0 Å². The topological polar surface area (TPSA) is 43.4 Å². The van der Waals surface area contributed by atoms with Gasteiger partial charge in [0.1, 0.15) is 5.75 Å². The molecule has 0 aliphatic heterocycles. The molecule has 0 saturated carbocycles. The Morgan fingerprint density at radius 3 is 2.16 bits per heavy atom. The summed E-state index contributed by atoms with van der Waals surface area (Å²) in [4.78, 5) is 0.327. The van der Waals surface area contributed by atoms with Gasteiger partial charge in [0.25, 0.3) is 0 Å². The number of sulfone groups is 1. The Kier molecular flexibility index (Phi) is 5.32. The molecular formula is C19H17BrO3S2. The summed E-state index contributed by atoms with van der Waals surface area (Å²) in [6.07, 6.45) is 1.22. The highest BCUT2D eigenvalue weighted by Gasteiger charge is 2.15. The van der Waals surface area contributed by atoms with Crippen LogP contribution in [0.4, 0.5) is 0 Å². The summed E-state index contributed by atoms with van der Waals surface area (Å²) in [6, 6.07) is 15.0. The summed E-state index contributed by atoms with van der Waals surface area (Å²) in [5, 5.41) is 2.07. The Labute approximate surface area is 160 Å². The van der Waals surface area contributed by atoms with Crippen molar-refractivity contribution in [3.8, 4) is 28.0 Å². The molecule has 1 heterocycles. The van der Waals surface area contributed by atoms with E-state index in [9.17, 15) is 8.42 Å². The van der Waals surface area contributed by atoms with Gasteiger partial charge in [-0.2, -0.15) is 0 Å². The number of hydrogen-bond acceptors (Lipinski definition) is 4. The molecule has 3 nitrogen and oxygen atoms in total. The molecule has 1 aromatic heterocycles. The number of hydrogen-bond donors (Lipinski definition) is 0. The van der Waals surface area contributed by atoms with Crippen molar-refractivity contribution >= 4 is 37.1 Å². The van der Waals surface area contributed by atoms with E-state index in [1.54, 1.807) is 23.5 Å². The second-order valence-electron chi connectivity index (χ2n) is 5.55. The third kappa shape index (κ3) is 3.97. The van der Waals surface area contributed by atoms with Crippen LogP contribution < -0.4 is 4.74 Å². The third-order valence-electron chi connectivity index (χ3n) is 3.79. The average Bonchev–Trinajstić information content (AvgIpc) is 2.97. The summed E-state index contributed by atoms with van der Waals surface area (Å²) < 4.78 is 29.8. The van der Waals surface area contributed by atoms with Gasteiger partial charge in [-0.1, -0.05) is 24.3 Å². The molecule has 0 unspecified atom stereocenters. The van der Waals surface area contributed by atoms with Gasteiger partial charge in [-0.3, -0.25) is 0 Å². The molecule has 3 rings (SSSR count). The zero-order chi connectivity index (χ0) is 18.0. The van der Waals surface area contributed by atoms with E-state index in [-0.39, 0.29) is 0 Å². The molecule has 0 amide bonds. The Bertz CT molecular complexity index is 973. The predicted octanol–water partition coefficient (Wildman–Crippen LogP) is 5.65. The molecule has 25 heavy (non-hydrogen) atoms. The molecule has 0 aliphatic carbocycles. The lowest BCUT2D eigenvalue weighted by molar-refractivity contribution is 0.340. The molecule has 0 radical (unpaired) electrons. The van der Waals surface area contributed by atoms with Crippen LogP contribution in [0.25, 0.3) is 22.3 Å². The Hall–Kier alpha value is -1.63. The second kappa shape index (κ2) is 7.32. The van der Waals surface area contributed by atoms with E-state index in [0.717, 1.165) is 31.8 Å². The van der Waals surface area contributed by atoms with Gasteiger partial charge in [-0.05, 0) is 58.2 Å². The van der Waals surface area contributed by atoms with E-state index in [4.69, 9.17) is 4.74 Å². The van der Waals surface area contributed by atoms with E-state index in [2.05, 4.69) is 21.3 Å². The first-order chi connectivity index (χ1) is 11.9. The van der Waals surface area contributed by atoms with Crippen LogP contribution in [0.15, 0.2) is 62.6 Å². The Morgan fingerprint density at radius 2 is 1.60 bits per heavy atom. The first-order valence-corrected chi connectivity index (χ1v) is 11.3. The molecule has 0 spiro atoms. The van der Waals surface area contributed by atoms with Gasteiger partial charge in [-0.25, -0.2) is 8.42 Å². The molecule has 0 aliphatic rings. The van der Waals surface area contributed by atoms with Crippen LogP contribution >= 0.6 is 27.3 Å². The van der Waals surface area contributed by atoms with Gasteiger partial charge < -0.3 is 4.74 Å². The number of thiophene rings is 1. The number of ether oxygens (including phenoxy) is 1. The minimum atomic E-state index is -3.19. The maximum absolute atomic E-state index is 11.6. The lowest BCUT2D eigenvalue weighted by atomic mass is 9.99. The highest BCUT2D eigenvalue weighted by molar-refractivity contribution is 9.11. The van der Waals surface area contributed by atoms with Crippen molar-refractivity contribution in [1.29, 1.82) is 0 Å². The standard InChI is InChI=1S/C19H17BrO3S2/c1-3-23-15-8-4-14(5-9-15)18-17(12-24-19(18)20)13-6-10-16(11-7-13)25(2,21)22/h4-12H,3H2,1-2H3. The van der Waals surface area contributed by atoms with Gasteiger partial charge in [0.15, 0.2) is 9.84 Å². The normalized spacial score (nSPS) is 11.5. The number of rotatable bonds is 5. The van der Waals surface area contributed by atoms with E-state index < -0.39 is 9.84 Å². The highest BCUT2D eigenvalue weighted by Crippen LogP contribution is 2.42. The van der Waals surface area contributed by atoms with Crippen molar-refractivity contribution in [3.05, 3.63) is 57.7 Å². The first-order valence-electron chi connectivity index (χ1n) is 7.71. The Balaban J connectivity index is 2.02. The van der Waals surface area contributed by atoms with Crippen LogP contribution in [0.5, 0.6) is 5.75 Å². The van der Waals surface area contributed by atoms with Crippen molar-refractivity contribution in [2.75, 3.05) is 12.9 Å². The molecule has 0 bridgehead atoms. The van der Waals surface area contributed by atoms with E-state index in [0.29, 0.717) is 11.5 Å². The predicted molar refractivity (Wildman–Crippen MR) is 107 cm³/mol. The van der Waals surface area contributed by atoms with Gasteiger partial charge in [-0.15, -0.1) is 11.3 Å². The number of benzene rings is 2. The van der Waals surface area contributed by atoms with E-state index in [1.165, 1.54) is 6.26 Å². The zero-order valence-electron chi connectivity index (χ0n) is 13.8. The first kappa shape index (κ1) is 18.2. The van der Waals surface area contributed by atoms with E-state index >= 15 is 0 Å². The van der Waals surface area contributed by atoms with Crippen molar-refractivity contribution in [3.63, 3.8) is 0 Å². The van der Waals surface area contributed by atoms with Crippen LogP contribution in [-0.2, 0) is 9.84 Å². The van der Waals surface area contributed by atoms with Gasteiger partial charge in [0.05, 0.1) is 15.3 Å². The molecular weight excluding hydrogens is 420 g/mol. The highest BCUT2D eigenvalue weighted by atomic mass is 79.9. The lowest BCUT2D eigenvalue weighted by Gasteiger charge is -2.08. The van der Waals surface area contributed by atoms with Crippen molar-refractivity contribution in [2.45, 2.75) is 11.8 Å². The lowest BCUT2D eigenvalue weighted by Crippen LogP contribution is -1.96. The third-order valence-corrected chi connectivity index (χ3v) is 6.64.